The first-order chi connectivity index (χ1) is 13.5. The summed E-state index contributed by atoms with van der Waals surface area (Å²) in [5.74, 6) is 1.16. The number of hydrogen-bond donors (Lipinski definition) is 1. The molecule has 0 bridgehead atoms. The SMILES string of the molecule is CC(C)COc1ccc(C(=O)Nc2ccc(CN3CCN(C)CC3)cc2)cc1. The first-order valence-electron chi connectivity index (χ1n) is 10.0. The monoisotopic (exact) mass is 381 g/mol. The van der Waals surface area contributed by atoms with Crippen LogP contribution in [0, 0.1) is 5.92 Å². The summed E-state index contributed by atoms with van der Waals surface area (Å²) < 4.78 is 5.66. The van der Waals surface area contributed by atoms with Crippen LogP contribution in [0.1, 0.15) is 29.8 Å². The number of benzene rings is 2. The van der Waals surface area contributed by atoms with Gasteiger partial charge in [0.25, 0.3) is 5.91 Å². The number of piperazine rings is 1. The molecule has 0 saturated carbocycles. The van der Waals surface area contributed by atoms with Crippen LogP contribution in [0.5, 0.6) is 5.75 Å². The van der Waals surface area contributed by atoms with E-state index in [2.05, 4.69) is 48.1 Å². The molecule has 1 aliphatic rings. The number of nitrogens with one attached hydrogen (secondary N) is 1. The van der Waals surface area contributed by atoms with Gasteiger partial charge in [-0.2, -0.15) is 0 Å². The van der Waals surface area contributed by atoms with Crippen molar-refractivity contribution in [3.8, 4) is 5.75 Å². The molecule has 1 fully saturated rings. The molecule has 28 heavy (non-hydrogen) atoms. The highest BCUT2D eigenvalue weighted by Gasteiger charge is 2.14. The maximum absolute atomic E-state index is 12.5. The van der Waals surface area contributed by atoms with Crippen molar-refractivity contribution >= 4 is 11.6 Å². The van der Waals surface area contributed by atoms with Gasteiger partial charge in [0.2, 0.25) is 0 Å². The molecule has 0 spiro atoms. The number of nitrogens with zero attached hydrogens (tertiary/aromatic N) is 2. The van der Waals surface area contributed by atoms with Crippen LogP contribution in [0.15, 0.2) is 48.5 Å². The standard InChI is InChI=1S/C23H31N3O2/c1-18(2)17-28-22-10-6-20(7-11-22)23(27)24-21-8-4-19(5-9-21)16-26-14-12-25(3)13-15-26/h4-11,18H,12-17H2,1-3H3,(H,24,27). The highest BCUT2D eigenvalue weighted by atomic mass is 16.5. The number of ether oxygens (including phenoxy) is 1. The van der Waals surface area contributed by atoms with E-state index >= 15 is 0 Å². The lowest BCUT2D eigenvalue weighted by molar-refractivity contribution is 0.102. The molecular formula is C23H31N3O2. The van der Waals surface area contributed by atoms with Crippen LogP contribution in [0.25, 0.3) is 0 Å². The van der Waals surface area contributed by atoms with Crippen LogP contribution in [-0.2, 0) is 6.54 Å². The van der Waals surface area contributed by atoms with E-state index in [9.17, 15) is 4.79 Å². The topological polar surface area (TPSA) is 44.8 Å². The lowest BCUT2D eigenvalue weighted by atomic mass is 10.1. The molecule has 0 aliphatic carbocycles. The van der Waals surface area contributed by atoms with Gasteiger partial charge in [-0.05, 0) is 54.9 Å². The number of likely N-dealkylation sites (N-methyl/N-ethyl adjacent to an activating group) is 1. The highest BCUT2D eigenvalue weighted by Crippen LogP contribution is 2.16. The number of rotatable bonds is 7. The van der Waals surface area contributed by atoms with Crippen molar-refractivity contribution in [1.82, 2.24) is 9.80 Å². The maximum atomic E-state index is 12.5. The minimum atomic E-state index is -0.109. The summed E-state index contributed by atoms with van der Waals surface area (Å²) in [5, 5.41) is 2.96. The Hall–Kier alpha value is -2.37. The van der Waals surface area contributed by atoms with Gasteiger partial charge in [-0.25, -0.2) is 0 Å². The summed E-state index contributed by atoms with van der Waals surface area (Å²) in [6.07, 6.45) is 0. The van der Waals surface area contributed by atoms with Crippen LogP contribution >= 0.6 is 0 Å². The zero-order valence-electron chi connectivity index (χ0n) is 17.1. The number of hydrogen-bond acceptors (Lipinski definition) is 4. The number of amides is 1. The zero-order chi connectivity index (χ0) is 19.9. The Morgan fingerprint density at radius 2 is 1.64 bits per heavy atom. The van der Waals surface area contributed by atoms with E-state index in [0.717, 1.165) is 44.2 Å². The molecule has 1 amide bonds. The van der Waals surface area contributed by atoms with Gasteiger partial charge in [0, 0.05) is 44.0 Å². The predicted molar refractivity (Wildman–Crippen MR) is 114 cm³/mol. The number of carbonyl (C=O) groups excluding carboxylic acids is 1. The summed E-state index contributed by atoms with van der Waals surface area (Å²) in [7, 11) is 2.17. The number of carbonyl (C=O) groups is 1. The second kappa shape index (κ2) is 9.71. The van der Waals surface area contributed by atoms with Crippen molar-refractivity contribution in [2.45, 2.75) is 20.4 Å². The smallest absolute Gasteiger partial charge is 0.255 e. The Morgan fingerprint density at radius 1 is 1.00 bits per heavy atom. The predicted octanol–water partition coefficient (Wildman–Crippen LogP) is 3.72. The van der Waals surface area contributed by atoms with E-state index in [1.54, 1.807) is 12.1 Å². The molecule has 5 heteroatoms. The Kier molecular flexibility index (Phi) is 7.06. The van der Waals surface area contributed by atoms with Crippen LogP contribution in [0.2, 0.25) is 0 Å². The van der Waals surface area contributed by atoms with Gasteiger partial charge in [0.15, 0.2) is 0 Å². The molecule has 0 aromatic heterocycles. The minimum absolute atomic E-state index is 0.109. The van der Waals surface area contributed by atoms with E-state index in [1.165, 1.54) is 5.56 Å². The fourth-order valence-corrected chi connectivity index (χ4v) is 3.13. The van der Waals surface area contributed by atoms with Crippen molar-refractivity contribution in [3.05, 3.63) is 59.7 Å². The van der Waals surface area contributed by atoms with E-state index in [0.29, 0.717) is 18.1 Å². The van der Waals surface area contributed by atoms with Crippen molar-refractivity contribution in [1.29, 1.82) is 0 Å². The van der Waals surface area contributed by atoms with Gasteiger partial charge in [0.1, 0.15) is 5.75 Å². The van der Waals surface area contributed by atoms with E-state index in [-0.39, 0.29) is 5.91 Å². The van der Waals surface area contributed by atoms with Crippen LogP contribution in [-0.4, -0.2) is 55.5 Å². The van der Waals surface area contributed by atoms with Gasteiger partial charge in [-0.3, -0.25) is 9.69 Å². The normalized spacial score (nSPS) is 15.6. The summed E-state index contributed by atoms with van der Waals surface area (Å²) in [5.41, 5.74) is 2.71. The molecule has 2 aromatic carbocycles. The third-order valence-electron chi connectivity index (χ3n) is 4.91. The van der Waals surface area contributed by atoms with Gasteiger partial charge >= 0.3 is 0 Å². The molecule has 1 heterocycles. The molecule has 0 unspecified atom stereocenters. The molecular weight excluding hydrogens is 350 g/mol. The van der Waals surface area contributed by atoms with Crippen LogP contribution in [0.3, 0.4) is 0 Å². The Balaban J connectivity index is 1.51. The summed E-state index contributed by atoms with van der Waals surface area (Å²) in [6.45, 7) is 10.3. The molecule has 1 saturated heterocycles. The van der Waals surface area contributed by atoms with Crippen LogP contribution in [0.4, 0.5) is 5.69 Å². The fourth-order valence-electron chi connectivity index (χ4n) is 3.13. The maximum Gasteiger partial charge on any atom is 0.255 e. The average Bonchev–Trinajstić information content (AvgIpc) is 2.70. The Bertz CT molecular complexity index is 748. The van der Waals surface area contributed by atoms with Crippen molar-refractivity contribution < 1.29 is 9.53 Å². The lowest BCUT2D eigenvalue weighted by Crippen LogP contribution is -2.43. The van der Waals surface area contributed by atoms with Gasteiger partial charge < -0.3 is 15.0 Å². The van der Waals surface area contributed by atoms with Crippen molar-refractivity contribution in [3.63, 3.8) is 0 Å². The molecule has 3 rings (SSSR count). The lowest BCUT2D eigenvalue weighted by Gasteiger charge is -2.32. The summed E-state index contributed by atoms with van der Waals surface area (Å²) in [4.78, 5) is 17.3. The minimum Gasteiger partial charge on any atom is -0.493 e. The second-order valence-corrected chi connectivity index (χ2v) is 7.96. The van der Waals surface area contributed by atoms with E-state index in [1.807, 2.05) is 24.3 Å². The summed E-state index contributed by atoms with van der Waals surface area (Å²) >= 11 is 0. The number of anilines is 1. The quantitative estimate of drug-likeness (QED) is 0.794. The Morgan fingerprint density at radius 3 is 2.25 bits per heavy atom. The fraction of sp³-hybridized carbons (Fsp3) is 0.435. The van der Waals surface area contributed by atoms with Gasteiger partial charge in [0.05, 0.1) is 6.61 Å². The van der Waals surface area contributed by atoms with Crippen molar-refractivity contribution in [2.75, 3.05) is 45.2 Å². The van der Waals surface area contributed by atoms with E-state index < -0.39 is 0 Å². The Labute approximate surface area is 168 Å². The first-order valence-corrected chi connectivity index (χ1v) is 10.0. The van der Waals surface area contributed by atoms with E-state index in [4.69, 9.17) is 4.74 Å². The molecule has 1 aliphatic heterocycles. The third-order valence-corrected chi connectivity index (χ3v) is 4.91. The first kappa shape index (κ1) is 20.4. The van der Waals surface area contributed by atoms with Crippen LogP contribution < -0.4 is 10.1 Å². The molecule has 1 N–H and O–H groups in total. The summed E-state index contributed by atoms with van der Waals surface area (Å²) in [6, 6.07) is 15.4. The highest BCUT2D eigenvalue weighted by molar-refractivity contribution is 6.04. The van der Waals surface area contributed by atoms with Gasteiger partial charge in [-0.15, -0.1) is 0 Å². The zero-order valence-corrected chi connectivity index (χ0v) is 17.1. The molecule has 0 atom stereocenters. The molecule has 0 radical (unpaired) electrons. The largest absolute Gasteiger partial charge is 0.493 e. The molecule has 2 aromatic rings. The average molecular weight is 382 g/mol. The molecule has 150 valence electrons. The third kappa shape index (κ3) is 6.08. The second-order valence-electron chi connectivity index (χ2n) is 7.96. The van der Waals surface area contributed by atoms with Gasteiger partial charge in [-0.1, -0.05) is 26.0 Å². The van der Waals surface area contributed by atoms with Crippen molar-refractivity contribution in [2.24, 2.45) is 5.92 Å². The molecule has 5 nitrogen and oxygen atoms in total.